The maximum absolute atomic E-state index is 9.28. The topological polar surface area (TPSA) is 51.5 Å². The number of rotatable bonds is 5. The van der Waals surface area contributed by atoms with E-state index in [1.165, 1.54) is 0 Å². The minimum absolute atomic E-state index is 0.196. The van der Waals surface area contributed by atoms with Gasteiger partial charge in [-0.25, -0.2) is 0 Å². The van der Waals surface area contributed by atoms with Crippen molar-refractivity contribution >= 4 is 0 Å². The van der Waals surface area contributed by atoms with Gasteiger partial charge in [0, 0.05) is 5.56 Å². The minimum Gasteiger partial charge on any atom is -0.493 e. The zero-order valence-corrected chi connectivity index (χ0v) is 11.5. The number of methoxy groups -OCH3 is 3. The first kappa shape index (κ1) is 14.2. The van der Waals surface area contributed by atoms with Gasteiger partial charge in [-0.05, 0) is 12.0 Å². The molecule has 0 saturated heterocycles. The summed E-state index contributed by atoms with van der Waals surface area (Å²) >= 11 is 0. The third-order valence-corrected chi connectivity index (χ3v) is 2.88. The number of hydrogen-bond acceptors (Lipinski definition) is 4. The van der Waals surface area contributed by atoms with Crippen LogP contribution in [0.25, 0.3) is 0 Å². The van der Waals surface area contributed by atoms with Gasteiger partial charge in [0.1, 0.15) is 0 Å². The van der Waals surface area contributed by atoms with Crippen LogP contribution in [0.3, 0.4) is 0 Å². The predicted octanol–water partition coefficient (Wildman–Crippen LogP) is 2.98. The Morgan fingerprint density at radius 2 is 1.61 bits per heavy atom. The number of ether oxygens (including phenoxy) is 3. The molecule has 0 radical (unpaired) electrons. The van der Waals surface area contributed by atoms with Gasteiger partial charge < -0.3 is 14.2 Å². The van der Waals surface area contributed by atoms with Crippen LogP contribution in [0.15, 0.2) is 12.1 Å². The van der Waals surface area contributed by atoms with Crippen molar-refractivity contribution in [1.29, 1.82) is 5.26 Å². The maximum atomic E-state index is 9.28. The second-order valence-corrected chi connectivity index (χ2v) is 4.27. The molecule has 0 aliphatic heterocycles. The molecule has 18 heavy (non-hydrogen) atoms. The fraction of sp³-hybridized carbons (Fsp3) is 0.500. The van der Waals surface area contributed by atoms with Crippen LogP contribution in [0.2, 0.25) is 0 Å². The highest BCUT2D eigenvalue weighted by Crippen LogP contribution is 2.43. The highest BCUT2D eigenvalue weighted by atomic mass is 16.5. The predicted molar refractivity (Wildman–Crippen MR) is 69.3 cm³/mol. The van der Waals surface area contributed by atoms with Crippen LogP contribution in [0.4, 0.5) is 0 Å². The van der Waals surface area contributed by atoms with Crippen molar-refractivity contribution in [2.45, 2.75) is 19.8 Å². The molecule has 1 atom stereocenters. The lowest BCUT2D eigenvalue weighted by molar-refractivity contribution is 0.320. The summed E-state index contributed by atoms with van der Waals surface area (Å²) in [5.74, 6) is 1.65. The third-order valence-electron chi connectivity index (χ3n) is 2.88. The van der Waals surface area contributed by atoms with Gasteiger partial charge in [0.25, 0.3) is 0 Å². The fourth-order valence-electron chi connectivity index (χ4n) is 1.95. The van der Waals surface area contributed by atoms with Crippen molar-refractivity contribution in [2.24, 2.45) is 5.92 Å². The van der Waals surface area contributed by atoms with E-state index < -0.39 is 0 Å². The van der Waals surface area contributed by atoms with Crippen LogP contribution >= 0.6 is 0 Å². The summed E-state index contributed by atoms with van der Waals surface area (Å²) in [4.78, 5) is 0. The molecule has 1 aromatic carbocycles. The Labute approximate surface area is 108 Å². The summed E-state index contributed by atoms with van der Waals surface area (Å²) in [6, 6.07) is 5.96. The van der Waals surface area contributed by atoms with Gasteiger partial charge in [-0.1, -0.05) is 19.9 Å². The molecule has 0 heterocycles. The van der Waals surface area contributed by atoms with Gasteiger partial charge in [0.15, 0.2) is 11.5 Å². The average molecular weight is 249 g/mol. The van der Waals surface area contributed by atoms with Gasteiger partial charge >= 0.3 is 0 Å². The second kappa shape index (κ2) is 6.15. The van der Waals surface area contributed by atoms with Crippen molar-refractivity contribution in [3.8, 4) is 23.3 Å². The van der Waals surface area contributed by atoms with Crippen LogP contribution in [0.5, 0.6) is 17.2 Å². The minimum atomic E-state index is -0.236. The molecule has 0 aromatic heterocycles. The highest BCUT2D eigenvalue weighted by molar-refractivity contribution is 5.57. The normalized spacial score (nSPS) is 11.8. The number of hydrogen-bond donors (Lipinski definition) is 0. The molecule has 98 valence electrons. The summed E-state index contributed by atoms with van der Waals surface area (Å²) in [5.41, 5.74) is 0.827. The molecule has 0 aliphatic rings. The van der Waals surface area contributed by atoms with Gasteiger partial charge in [0.2, 0.25) is 5.75 Å². The summed E-state index contributed by atoms with van der Waals surface area (Å²) < 4.78 is 15.9. The number of benzene rings is 1. The first-order valence-corrected chi connectivity index (χ1v) is 5.79. The third kappa shape index (κ3) is 2.51. The Bertz CT molecular complexity index is 449. The molecular weight excluding hydrogens is 230 g/mol. The van der Waals surface area contributed by atoms with Crippen LogP contribution in [0.1, 0.15) is 25.3 Å². The Morgan fingerprint density at radius 3 is 2.00 bits per heavy atom. The van der Waals surface area contributed by atoms with Crippen LogP contribution in [0, 0.1) is 17.2 Å². The zero-order chi connectivity index (χ0) is 13.7. The molecule has 0 N–H and O–H groups in total. The van der Waals surface area contributed by atoms with Crippen LogP contribution in [-0.4, -0.2) is 21.3 Å². The first-order chi connectivity index (χ1) is 8.60. The Balaban J connectivity index is 3.42. The van der Waals surface area contributed by atoms with E-state index in [4.69, 9.17) is 14.2 Å². The van der Waals surface area contributed by atoms with E-state index in [9.17, 15) is 5.26 Å². The summed E-state index contributed by atoms with van der Waals surface area (Å²) in [6.07, 6.45) is 0. The quantitative estimate of drug-likeness (QED) is 0.805. The molecule has 1 rings (SSSR count). The summed E-state index contributed by atoms with van der Waals surface area (Å²) in [7, 11) is 4.69. The SMILES string of the molecule is COc1ccc(C(C#N)C(C)C)c(OC)c1OC. The van der Waals surface area contributed by atoms with Gasteiger partial charge in [-0.2, -0.15) is 5.26 Å². The molecule has 1 aromatic rings. The molecule has 0 spiro atoms. The van der Waals surface area contributed by atoms with Crippen LogP contribution < -0.4 is 14.2 Å². The molecular formula is C14H19NO3. The standard InChI is InChI=1S/C14H19NO3/c1-9(2)11(8-15)10-6-7-12(16-3)14(18-5)13(10)17-4/h6-7,9,11H,1-5H3. The summed E-state index contributed by atoms with van der Waals surface area (Å²) in [6.45, 7) is 4.01. The Hall–Kier alpha value is -1.89. The molecule has 0 fully saturated rings. The van der Waals surface area contributed by atoms with E-state index in [0.717, 1.165) is 5.56 Å². The van der Waals surface area contributed by atoms with E-state index in [2.05, 4.69) is 6.07 Å². The van der Waals surface area contributed by atoms with Gasteiger partial charge in [0.05, 0.1) is 33.3 Å². The largest absolute Gasteiger partial charge is 0.493 e. The van der Waals surface area contributed by atoms with E-state index >= 15 is 0 Å². The van der Waals surface area contributed by atoms with Crippen LogP contribution in [-0.2, 0) is 0 Å². The highest BCUT2D eigenvalue weighted by Gasteiger charge is 2.24. The monoisotopic (exact) mass is 249 g/mol. The summed E-state index contributed by atoms with van der Waals surface area (Å²) in [5, 5.41) is 9.28. The molecule has 0 aliphatic carbocycles. The maximum Gasteiger partial charge on any atom is 0.203 e. The van der Waals surface area contributed by atoms with Crippen molar-refractivity contribution in [3.63, 3.8) is 0 Å². The average Bonchev–Trinajstić information content (AvgIpc) is 2.38. The molecule has 4 nitrogen and oxygen atoms in total. The van der Waals surface area contributed by atoms with E-state index in [-0.39, 0.29) is 11.8 Å². The number of nitriles is 1. The molecule has 4 heteroatoms. The van der Waals surface area contributed by atoms with Crippen molar-refractivity contribution in [2.75, 3.05) is 21.3 Å². The smallest absolute Gasteiger partial charge is 0.203 e. The Morgan fingerprint density at radius 1 is 1.00 bits per heavy atom. The first-order valence-electron chi connectivity index (χ1n) is 5.79. The van der Waals surface area contributed by atoms with E-state index in [1.807, 2.05) is 19.9 Å². The lowest BCUT2D eigenvalue weighted by Crippen LogP contribution is -2.07. The van der Waals surface area contributed by atoms with E-state index in [1.54, 1.807) is 27.4 Å². The molecule has 0 bridgehead atoms. The van der Waals surface area contributed by atoms with Gasteiger partial charge in [-0.3, -0.25) is 0 Å². The van der Waals surface area contributed by atoms with Gasteiger partial charge in [-0.15, -0.1) is 0 Å². The molecule has 0 saturated carbocycles. The van der Waals surface area contributed by atoms with Crippen molar-refractivity contribution in [3.05, 3.63) is 17.7 Å². The lowest BCUT2D eigenvalue weighted by Gasteiger charge is -2.20. The van der Waals surface area contributed by atoms with Crippen molar-refractivity contribution < 1.29 is 14.2 Å². The zero-order valence-electron chi connectivity index (χ0n) is 11.5. The molecule has 0 amide bonds. The second-order valence-electron chi connectivity index (χ2n) is 4.27. The Kier molecular flexibility index (Phi) is 4.85. The lowest BCUT2D eigenvalue weighted by atomic mass is 9.89. The van der Waals surface area contributed by atoms with E-state index in [0.29, 0.717) is 17.2 Å². The van der Waals surface area contributed by atoms with Crippen molar-refractivity contribution in [1.82, 2.24) is 0 Å². The number of nitrogens with zero attached hydrogens (tertiary/aromatic N) is 1. The molecule has 1 unspecified atom stereocenters. The fourth-order valence-corrected chi connectivity index (χ4v) is 1.95.